The van der Waals surface area contributed by atoms with E-state index in [2.05, 4.69) is 5.32 Å². The summed E-state index contributed by atoms with van der Waals surface area (Å²) in [7, 11) is 3.05. The molecule has 1 aromatic heterocycles. The average molecular weight is 423 g/mol. The minimum absolute atomic E-state index is 0.191. The van der Waals surface area contributed by atoms with E-state index in [9.17, 15) is 19.5 Å². The first-order chi connectivity index (χ1) is 14.7. The largest absolute Gasteiger partial charge is 0.506 e. The van der Waals surface area contributed by atoms with E-state index in [1.807, 2.05) is 19.9 Å². The molecule has 0 fully saturated rings. The summed E-state index contributed by atoms with van der Waals surface area (Å²) in [5.74, 6) is -0.887. The van der Waals surface area contributed by atoms with Gasteiger partial charge >= 0.3 is 6.09 Å². The molecule has 2 amide bonds. The van der Waals surface area contributed by atoms with Crippen molar-refractivity contribution in [2.75, 3.05) is 23.9 Å². The van der Waals surface area contributed by atoms with Gasteiger partial charge in [-0.2, -0.15) is 0 Å². The van der Waals surface area contributed by atoms with Crippen LogP contribution in [0.15, 0.2) is 53.3 Å². The topological polar surface area (TPSA) is 101 Å². The Morgan fingerprint density at radius 3 is 2.48 bits per heavy atom. The number of fused-ring (bicyclic) bond motifs is 1. The fraction of sp³-hybridized carbons (Fsp3) is 0.261. The van der Waals surface area contributed by atoms with Crippen molar-refractivity contribution in [2.24, 2.45) is 13.0 Å². The second-order valence-electron chi connectivity index (χ2n) is 7.64. The fourth-order valence-electron chi connectivity index (χ4n) is 3.13. The molecule has 162 valence electrons. The van der Waals surface area contributed by atoms with Gasteiger partial charge in [0.15, 0.2) is 0 Å². The van der Waals surface area contributed by atoms with Crippen molar-refractivity contribution < 1.29 is 19.4 Å². The molecular formula is C23H25N3O5. The number of aryl methyl sites for hydroxylation is 1. The maximum Gasteiger partial charge on any atom is 0.411 e. The molecule has 0 saturated carbocycles. The van der Waals surface area contributed by atoms with E-state index in [0.717, 1.165) is 0 Å². The van der Waals surface area contributed by atoms with Crippen molar-refractivity contribution in [3.8, 4) is 5.75 Å². The minimum Gasteiger partial charge on any atom is -0.506 e. The van der Waals surface area contributed by atoms with Crippen molar-refractivity contribution in [3.63, 3.8) is 0 Å². The number of aromatic nitrogens is 1. The quantitative estimate of drug-likeness (QED) is 0.651. The van der Waals surface area contributed by atoms with Crippen LogP contribution in [0.4, 0.5) is 16.2 Å². The van der Waals surface area contributed by atoms with Crippen LogP contribution in [0.25, 0.3) is 10.9 Å². The summed E-state index contributed by atoms with van der Waals surface area (Å²) in [4.78, 5) is 39.2. The number of hydrogen-bond donors (Lipinski definition) is 2. The van der Waals surface area contributed by atoms with E-state index in [1.165, 1.54) is 29.6 Å². The van der Waals surface area contributed by atoms with Gasteiger partial charge in [-0.1, -0.05) is 32.0 Å². The SMILES string of the molecule is CC(C)COC(=O)Nc1ccc2c(c1)c(O)c(C(=O)N(C)c1ccccc1)c(=O)n2C. The molecular weight excluding hydrogens is 398 g/mol. The van der Waals surface area contributed by atoms with Gasteiger partial charge in [0.1, 0.15) is 11.3 Å². The van der Waals surface area contributed by atoms with Crippen LogP contribution in [0, 0.1) is 5.92 Å². The number of benzene rings is 2. The van der Waals surface area contributed by atoms with Crippen molar-refractivity contribution in [1.29, 1.82) is 0 Å². The number of rotatable bonds is 5. The Hall–Kier alpha value is -3.81. The zero-order valence-corrected chi connectivity index (χ0v) is 17.9. The third-order valence-corrected chi connectivity index (χ3v) is 4.82. The molecule has 0 radical (unpaired) electrons. The van der Waals surface area contributed by atoms with Crippen LogP contribution in [0.3, 0.4) is 0 Å². The fourth-order valence-corrected chi connectivity index (χ4v) is 3.13. The lowest BCUT2D eigenvalue weighted by Crippen LogP contribution is -2.34. The van der Waals surface area contributed by atoms with Crippen LogP contribution in [0.5, 0.6) is 5.75 Å². The summed E-state index contributed by atoms with van der Waals surface area (Å²) >= 11 is 0. The van der Waals surface area contributed by atoms with Crippen LogP contribution < -0.4 is 15.8 Å². The molecule has 0 unspecified atom stereocenters. The smallest absolute Gasteiger partial charge is 0.411 e. The Morgan fingerprint density at radius 2 is 1.84 bits per heavy atom. The Bertz CT molecular complexity index is 1190. The lowest BCUT2D eigenvalue weighted by Gasteiger charge is -2.19. The van der Waals surface area contributed by atoms with E-state index in [1.54, 1.807) is 36.4 Å². The summed E-state index contributed by atoms with van der Waals surface area (Å²) in [6.07, 6.45) is -0.627. The zero-order chi connectivity index (χ0) is 22.7. The number of carbonyl (C=O) groups is 2. The van der Waals surface area contributed by atoms with Crippen molar-refractivity contribution in [1.82, 2.24) is 4.57 Å². The molecule has 0 aliphatic rings. The van der Waals surface area contributed by atoms with Gasteiger partial charge in [-0.05, 0) is 36.2 Å². The number of anilines is 2. The standard InChI is InChI=1S/C23H25N3O5/c1-14(2)13-31-23(30)24-15-10-11-18-17(12-15)20(27)19(22(29)26(18)4)21(28)25(3)16-8-6-5-7-9-16/h5-12,14,27H,13H2,1-4H3,(H,24,30). The minimum atomic E-state index is -0.638. The molecule has 1 heterocycles. The van der Waals surface area contributed by atoms with E-state index in [0.29, 0.717) is 16.9 Å². The first-order valence-corrected chi connectivity index (χ1v) is 9.83. The third kappa shape index (κ3) is 4.53. The number of ether oxygens (including phenoxy) is 1. The van der Waals surface area contributed by atoms with Crippen LogP contribution >= 0.6 is 0 Å². The molecule has 8 nitrogen and oxygen atoms in total. The van der Waals surface area contributed by atoms with Gasteiger partial charge in [0.2, 0.25) is 0 Å². The molecule has 0 aliphatic carbocycles. The number of nitrogens with one attached hydrogen (secondary N) is 1. The van der Waals surface area contributed by atoms with Gasteiger partial charge in [-0.3, -0.25) is 14.9 Å². The van der Waals surface area contributed by atoms with Crippen LogP contribution in [-0.2, 0) is 11.8 Å². The number of carbonyl (C=O) groups excluding carboxylic acids is 2. The molecule has 3 aromatic rings. The summed E-state index contributed by atoms with van der Waals surface area (Å²) in [6, 6.07) is 13.5. The summed E-state index contributed by atoms with van der Waals surface area (Å²) < 4.78 is 6.40. The molecule has 0 saturated heterocycles. The maximum absolute atomic E-state index is 13.1. The molecule has 0 spiro atoms. The highest BCUT2D eigenvalue weighted by Gasteiger charge is 2.25. The highest BCUT2D eigenvalue weighted by molar-refractivity contribution is 6.10. The lowest BCUT2D eigenvalue weighted by molar-refractivity contribution is 0.0988. The van der Waals surface area contributed by atoms with Gasteiger partial charge in [-0.15, -0.1) is 0 Å². The van der Waals surface area contributed by atoms with Crippen LogP contribution in [-0.4, -0.2) is 35.3 Å². The normalized spacial score (nSPS) is 10.9. The predicted molar refractivity (Wildman–Crippen MR) is 120 cm³/mol. The second kappa shape index (κ2) is 8.91. The molecule has 0 aliphatic heterocycles. The number of para-hydroxylation sites is 1. The maximum atomic E-state index is 13.1. The molecule has 0 atom stereocenters. The Morgan fingerprint density at radius 1 is 1.16 bits per heavy atom. The molecule has 31 heavy (non-hydrogen) atoms. The van der Waals surface area contributed by atoms with Gasteiger partial charge in [-0.25, -0.2) is 4.79 Å². The summed E-state index contributed by atoms with van der Waals surface area (Å²) in [5, 5.41) is 13.7. The monoisotopic (exact) mass is 423 g/mol. The number of amides is 2. The first kappa shape index (κ1) is 21.9. The summed E-state index contributed by atoms with van der Waals surface area (Å²) in [6.45, 7) is 4.11. The highest BCUT2D eigenvalue weighted by atomic mass is 16.5. The lowest BCUT2D eigenvalue weighted by atomic mass is 10.1. The summed E-state index contributed by atoms with van der Waals surface area (Å²) in [5.41, 5.74) is 0.403. The number of nitrogens with zero attached hydrogens (tertiary/aromatic N) is 2. The number of pyridine rings is 1. The van der Waals surface area contributed by atoms with Crippen molar-refractivity contribution in [2.45, 2.75) is 13.8 Å². The Balaban J connectivity index is 2.02. The number of aromatic hydroxyl groups is 1. The Labute approximate surface area is 179 Å². The zero-order valence-electron chi connectivity index (χ0n) is 17.9. The second-order valence-corrected chi connectivity index (χ2v) is 7.64. The Kier molecular flexibility index (Phi) is 6.29. The molecule has 2 N–H and O–H groups in total. The molecule has 3 rings (SSSR count). The van der Waals surface area contributed by atoms with Gasteiger partial charge in [0.25, 0.3) is 11.5 Å². The van der Waals surface area contributed by atoms with Crippen LogP contribution in [0.1, 0.15) is 24.2 Å². The van der Waals surface area contributed by atoms with E-state index >= 15 is 0 Å². The van der Waals surface area contributed by atoms with Gasteiger partial charge in [0.05, 0.1) is 12.1 Å². The van der Waals surface area contributed by atoms with Gasteiger partial charge < -0.3 is 19.3 Å². The molecule has 2 aromatic carbocycles. The van der Waals surface area contributed by atoms with Gasteiger partial charge in [0, 0.05) is 30.9 Å². The average Bonchev–Trinajstić information content (AvgIpc) is 2.76. The number of hydrogen-bond acceptors (Lipinski definition) is 5. The van der Waals surface area contributed by atoms with Crippen molar-refractivity contribution in [3.05, 3.63) is 64.4 Å². The molecule has 8 heteroatoms. The predicted octanol–water partition coefficient (Wildman–Crippen LogP) is 3.73. The molecule has 0 bridgehead atoms. The van der Waals surface area contributed by atoms with E-state index in [4.69, 9.17) is 4.74 Å². The van der Waals surface area contributed by atoms with Crippen molar-refractivity contribution >= 4 is 34.3 Å². The van der Waals surface area contributed by atoms with E-state index < -0.39 is 23.3 Å². The van der Waals surface area contributed by atoms with Crippen LogP contribution in [0.2, 0.25) is 0 Å². The first-order valence-electron chi connectivity index (χ1n) is 9.83. The van der Waals surface area contributed by atoms with E-state index in [-0.39, 0.29) is 23.5 Å². The third-order valence-electron chi connectivity index (χ3n) is 4.82. The highest BCUT2D eigenvalue weighted by Crippen LogP contribution is 2.30.